The molecule has 2 aliphatic rings. The Labute approximate surface area is 138 Å². The Hall–Kier alpha value is -2.43. The van der Waals surface area contributed by atoms with Crippen molar-refractivity contribution in [1.82, 2.24) is 4.98 Å². The fourth-order valence-corrected chi connectivity index (χ4v) is 3.96. The maximum absolute atomic E-state index is 6.21. The number of nitrogens with zero attached hydrogens (tertiary/aromatic N) is 2. The quantitative estimate of drug-likeness (QED) is 0.651. The first-order valence-corrected chi connectivity index (χ1v) is 8.54. The van der Waals surface area contributed by atoms with E-state index in [1.165, 1.54) is 16.8 Å². The van der Waals surface area contributed by atoms with Gasteiger partial charge in [-0.25, -0.2) is 0 Å². The minimum atomic E-state index is -0.117. The third kappa shape index (κ3) is 1.96. The van der Waals surface area contributed by atoms with Gasteiger partial charge in [-0.3, -0.25) is 4.98 Å². The van der Waals surface area contributed by atoms with Crippen LogP contribution in [0, 0.1) is 0 Å². The van der Waals surface area contributed by atoms with Crippen molar-refractivity contribution in [3.8, 4) is 0 Å². The molecule has 4 heteroatoms. The van der Waals surface area contributed by atoms with Crippen LogP contribution in [0.5, 0.6) is 0 Å². The molecule has 0 saturated heterocycles. The Balaban J connectivity index is 1.77. The Morgan fingerprint density at radius 1 is 1.13 bits per heavy atom. The van der Waals surface area contributed by atoms with Gasteiger partial charge in [0.15, 0.2) is 6.23 Å². The number of benzene rings is 1. The lowest BCUT2D eigenvalue weighted by Crippen LogP contribution is -2.36. The molecule has 2 aliphatic heterocycles. The number of thiophene rings is 1. The lowest BCUT2D eigenvalue weighted by molar-refractivity contribution is 0.0341. The van der Waals surface area contributed by atoms with E-state index in [2.05, 4.69) is 63.1 Å². The SMILES string of the molecule is C1=C(c2ccsc2)N2c3ccccc3COC2c2cccnc21. The summed E-state index contributed by atoms with van der Waals surface area (Å²) in [6, 6.07) is 14.7. The van der Waals surface area contributed by atoms with E-state index in [1.807, 2.05) is 12.3 Å². The van der Waals surface area contributed by atoms with Crippen molar-refractivity contribution in [3.05, 3.63) is 81.8 Å². The van der Waals surface area contributed by atoms with Gasteiger partial charge in [-0.1, -0.05) is 24.3 Å². The minimum Gasteiger partial charge on any atom is -0.349 e. The maximum Gasteiger partial charge on any atom is 0.163 e. The van der Waals surface area contributed by atoms with Gasteiger partial charge < -0.3 is 9.64 Å². The summed E-state index contributed by atoms with van der Waals surface area (Å²) in [5.41, 5.74) is 6.91. The average molecular weight is 318 g/mol. The van der Waals surface area contributed by atoms with Gasteiger partial charge in [-0.15, -0.1) is 0 Å². The van der Waals surface area contributed by atoms with E-state index in [9.17, 15) is 0 Å². The van der Waals surface area contributed by atoms with Crippen LogP contribution in [0.4, 0.5) is 5.69 Å². The predicted molar refractivity (Wildman–Crippen MR) is 92.9 cm³/mol. The van der Waals surface area contributed by atoms with Crippen LogP contribution in [0.25, 0.3) is 11.8 Å². The molecule has 3 nitrogen and oxygen atoms in total. The van der Waals surface area contributed by atoms with E-state index in [4.69, 9.17) is 4.74 Å². The second-order valence-corrected chi connectivity index (χ2v) is 6.46. The Bertz CT molecular complexity index is 901. The molecule has 0 amide bonds. The van der Waals surface area contributed by atoms with Crippen molar-refractivity contribution >= 4 is 28.8 Å². The van der Waals surface area contributed by atoms with Crippen LogP contribution in [0.3, 0.4) is 0 Å². The third-order valence-electron chi connectivity index (χ3n) is 4.37. The molecule has 1 aromatic carbocycles. The molecular weight excluding hydrogens is 304 g/mol. The first-order valence-electron chi connectivity index (χ1n) is 7.60. The largest absolute Gasteiger partial charge is 0.349 e. The summed E-state index contributed by atoms with van der Waals surface area (Å²) in [6.45, 7) is 0.628. The summed E-state index contributed by atoms with van der Waals surface area (Å²) in [4.78, 5) is 6.84. The van der Waals surface area contributed by atoms with Crippen molar-refractivity contribution in [2.75, 3.05) is 4.90 Å². The van der Waals surface area contributed by atoms with E-state index < -0.39 is 0 Å². The molecule has 1 unspecified atom stereocenters. The summed E-state index contributed by atoms with van der Waals surface area (Å²) in [7, 11) is 0. The molecule has 5 rings (SSSR count). The first-order chi connectivity index (χ1) is 11.4. The van der Waals surface area contributed by atoms with Crippen LogP contribution in [0.2, 0.25) is 0 Å². The normalized spacial score (nSPS) is 18.7. The van der Waals surface area contributed by atoms with Gasteiger partial charge in [0.05, 0.1) is 18.0 Å². The third-order valence-corrected chi connectivity index (χ3v) is 5.05. The van der Waals surface area contributed by atoms with E-state index in [0.717, 1.165) is 17.0 Å². The van der Waals surface area contributed by atoms with Crippen molar-refractivity contribution in [3.63, 3.8) is 0 Å². The molecule has 23 heavy (non-hydrogen) atoms. The van der Waals surface area contributed by atoms with Crippen LogP contribution >= 0.6 is 11.3 Å². The number of fused-ring (bicyclic) bond motifs is 5. The zero-order valence-corrected chi connectivity index (χ0v) is 13.2. The number of pyridine rings is 1. The zero-order chi connectivity index (χ0) is 15.2. The molecule has 0 bridgehead atoms. The van der Waals surface area contributed by atoms with Crippen LogP contribution in [0.15, 0.2) is 59.4 Å². The molecule has 0 N–H and O–H groups in total. The average Bonchev–Trinajstić information content (AvgIpc) is 3.15. The number of hydrogen-bond donors (Lipinski definition) is 0. The van der Waals surface area contributed by atoms with Gasteiger partial charge in [-0.2, -0.15) is 11.3 Å². The fraction of sp³-hybridized carbons (Fsp3) is 0.105. The number of rotatable bonds is 1. The molecule has 2 aromatic heterocycles. The van der Waals surface area contributed by atoms with Gasteiger partial charge in [0.1, 0.15) is 0 Å². The van der Waals surface area contributed by atoms with E-state index in [0.29, 0.717) is 6.61 Å². The van der Waals surface area contributed by atoms with Crippen molar-refractivity contribution in [1.29, 1.82) is 0 Å². The molecule has 0 spiro atoms. The fourth-order valence-electron chi connectivity index (χ4n) is 3.31. The second kappa shape index (κ2) is 5.05. The molecule has 3 aromatic rings. The first kappa shape index (κ1) is 13.0. The zero-order valence-electron chi connectivity index (χ0n) is 12.3. The van der Waals surface area contributed by atoms with Gasteiger partial charge >= 0.3 is 0 Å². The summed E-state index contributed by atoms with van der Waals surface area (Å²) in [5.74, 6) is 0. The molecule has 0 saturated carbocycles. The molecule has 0 fully saturated rings. The van der Waals surface area contributed by atoms with Crippen LogP contribution < -0.4 is 4.90 Å². The Kier molecular flexibility index (Phi) is 2.86. The van der Waals surface area contributed by atoms with Crippen LogP contribution in [-0.2, 0) is 11.3 Å². The molecule has 1 atom stereocenters. The van der Waals surface area contributed by atoms with Gasteiger partial charge in [-0.05, 0) is 29.7 Å². The standard InChI is InChI=1S/C19H14N2OS/c1-2-6-17-13(4-1)11-22-19-15-5-3-8-20-16(15)10-18(21(17)19)14-7-9-23-12-14/h1-10,12,19H,11H2. The number of ether oxygens (including phenoxy) is 1. The molecule has 0 aliphatic carbocycles. The highest BCUT2D eigenvalue weighted by Crippen LogP contribution is 2.46. The van der Waals surface area contributed by atoms with Crippen LogP contribution in [0.1, 0.15) is 28.6 Å². The monoisotopic (exact) mass is 318 g/mol. The number of hydrogen-bond acceptors (Lipinski definition) is 4. The smallest absolute Gasteiger partial charge is 0.163 e. The van der Waals surface area contributed by atoms with Crippen LogP contribution in [-0.4, -0.2) is 4.98 Å². The number of aromatic nitrogens is 1. The molecule has 112 valence electrons. The molecule has 0 radical (unpaired) electrons. The molecular formula is C19H14N2OS. The highest BCUT2D eigenvalue weighted by atomic mass is 32.1. The predicted octanol–water partition coefficient (Wildman–Crippen LogP) is 4.69. The Morgan fingerprint density at radius 3 is 3.00 bits per heavy atom. The van der Waals surface area contributed by atoms with Gasteiger partial charge in [0, 0.05) is 34.0 Å². The van der Waals surface area contributed by atoms with E-state index >= 15 is 0 Å². The van der Waals surface area contributed by atoms with E-state index in [1.54, 1.807) is 11.3 Å². The topological polar surface area (TPSA) is 25.4 Å². The van der Waals surface area contributed by atoms with Gasteiger partial charge in [0.2, 0.25) is 0 Å². The summed E-state index contributed by atoms with van der Waals surface area (Å²) < 4.78 is 6.21. The minimum absolute atomic E-state index is 0.117. The van der Waals surface area contributed by atoms with Crippen molar-refractivity contribution < 1.29 is 4.74 Å². The van der Waals surface area contributed by atoms with Crippen molar-refractivity contribution in [2.45, 2.75) is 12.8 Å². The van der Waals surface area contributed by atoms with Crippen molar-refractivity contribution in [2.24, 2.45) is 0 Å². The number of para-hydroxylation sites is 1. The second-order valence-electron chi connectivity index (χ2n) is 5.68. The highest BCUT2D eigenvalue weighted by molar-refractivity contribution is 7.08. The number of anilines is 1. The maximum atomic E-state index is 6.21. The van der Waals surface area contributed by atoms with Gasteiger partial charge in [0.25, 0.3) is 0 Å². The summed E-state index contributed by atoms with van der Waals surface area (Å²) >= 11 is 1.71. The molecule has 4 heterocycles. The Morgan fingerprint density at radius 2 is 2.09 bits per heavy atom. The highest BCUT2D eigenvalue weighted by Gasteiger charge is 2.35. The lowest BCUT2D eigenvalue weighted by atomic mass is 9.98. The summed E-state index contributed by atoms with van der Waals surface area (Å²) in [5, 5.41) is 4.28. The van der Waals surface area contributed by atoms with E-state index in [-0.39, 0.29) is 6.23 Å². The summed E-state index contributed by atoms with van der Waals surface area (Å²) in [6.07, 6.45) is 3.89. The lowest BCUT2D eigenvalue weighted by Gasteiger charge is -2.42.